The Labute approximate surface area is 146 Å². The van der Waals surface area contributed by atoms with E-state index < -0.39 is 5.97 Å². The highest BCUT2D eigenvalue weighted by atomic mass is 16.5. The van der Waals surface area contributed by atoms with Crippen LogP contribution < -0.4 is 4.74 Å². The molecule has 1 heterocycles. The number of hydrogen-bond donors (Lipinski definition) is 1. The van der Waals surface area contributed by atoms with Crippen LogP contribution in [0.2, 0.25) is 0 Å². The SMILES string of the molecule is CN(Cc1ccc(C(=O)O)cc1)C(=O)c1ccnc(OC2CCC2)c1. The van der Waals surface area contributed by atoms with Gasteiger partial charge < -0.3 is 14.7 Å². The summed E-state index contributed by atoms with van der Waals surface area (Å²) in [4.78, 5) is 29.2. The molecule has 6 heteroatoms. The molecule has 1 aromatic carbocycles. The quantitative estimate of drug-likeness (QED) is 0.874. The van der Waals surface area contributed by atoms with Crippen molar-refractivity contribution in [3.05, 3.63) is 59.3 Å². The highest BCUT2D eigenvalue weighted by molar-refractivity contribution is 5.94. The molecular formula is C19H20N2O4. The van der Waals surface area contributed by atoms with Crippen molar-refractivity contribution < 1.29 is 19.4 Å². The van der Waals surface area contributed by atoms with E-state index in [2.05, 4.69) is 4.98 Å². The average molecular weight is 340 g/mol. The number of ether oxygens (including phenoxy) is 1. The van der Waals surface area contributed by atoms with Crippen LogP contribution in [-0.4, -0.2) is 40.0 Å². The predicted octanol–water partition coefficient (Wildman–Crippen LogP) is 2.98. The summed E-state index contributed by atoms with van der Waals surface area (Å²) >= 11 is 0. The molecule has 0 spiro atoms. The first-order valence-corrected chi connectivity index (χ1v) is 8.23. The molecule has 2 aromatic rings. The Hall–Kier alpha value is -2.89. The monoisotopic (exact) mass is 340 g/mol. The van der Waals surface area contributed by atoms with Gasteiger partial charge in [-0.1, -0.05) is 12.1 Å². The van der Waals surface area contributed by atoms with E-state index in [0.717, 1.165) is 18.4 Å². The molecule has 1 N–H and O–H groups in total. The Morgan fingerprint density at radius 2 is 1.92 bits per heavy atom. The summed E-state index contributed by atoms with van der Waals surface area (Å²) in [5.74, 6) is -0.621. The number of nitrogens with zero attached hydrogens (tertiary/aromatic N) is 2. The molecule has 0 aliphatic heterocycles. The highest BCUT2D eigenvalue weighted by Crippen LogP contribution is 2.24. The number of aromatic nitrogens is 1. The van der Waals surface area contributed by atoms with Gasteiger partial charge in [-0.05, 0) is 43.0 Å². The van der Waals surface area contributed by atoms with Crippen LogP contribution in [0.5, 0.6) is 5.88 Å². The number of aromatic carboxylic acids is 1. The van der Waals surface area contributed by atoms with Crippen molar-refractivity contribution in [2.24, 2.45) is 0 Å². The summed E-state index contributed by atoms with van der Waals surface area (Å²) in [5, 5.41) is 8.92. The molecule has 3 rings (SSSR count). The van der Waals surface area contributed by atoms with E-state index in [1.165, 1.54) is 18.6 Å². The first-order chi connectivity index (χ1) is 12.0. The normalized spacial score (nSPS) is 13.8. The minimum absolute atomic E-state index is 0.136. The van der Waals surface area contributed by atoms with Crippen LogP contribution in [0.3, 0.4) is 0 Å². The third-order valence-electron chi connectivity index (χ3n) is 4.29. The van der Waals surface area contributed by atoms with Crippen molar-refractivity contribution in [1.82, 2.24) is 9.88 Å². The molecule has 0 bridgehead atoms. The smallest absolute Gasteiger partial charge is 0.335 e. The number of carboxylic acids is 1. The lowest BCUT2D eigenvalue weighted by atomic mass is 9.96. The molecular weight excluding hydrogens is 320 g/mol. The summed E-state index contributed by atoms with van der Waals surface area (Å²) in [5.41, 5.74) is 1.61. The molecule has 25 heavy (non-hydrogen) atoms. The van der Waals surface area contributed by atoms with Crippen LogP contribution in [-0.2, 0) is 6.54 Å². The van der Waals surface area contributed by atoms with Crippen molar-refractivity contribution in [1.29, 1.82) is 0 Å². The summed E-state index contributed by atoms with van der Waals surface area (Å²) in [7, 11) is 1.71. The number of benzene rings is 1. The number of carbonyl (C=O) groups excluding carboxylic acids is 1. The van der Waals surface area contributed by atoms with E-state index in [9.17, 15) is 9.59 Å². The summed E-state index contributed by atoms with van der Waals surface area (Å²) in [6.07, 6.45) is 5.03. The Kier molecular flexibility index (Phi) is 4.97. The van der Waals surface area contributed by atoms with Gasteiger partial charge in [0.15, 0.2) is 0 Å². The zero-order chi connectivity index (χ0) is 17.8. The van der Waals surface area contributed by atoms with Crippen molar-refractivity contribution in [2.45, 2.75) is 31.9 Å². The molecule has 1 saturated carbocycles. The lowest BCUT2D eigenvalue weighted by molar-refractivity contribution is 0.0695. The molecule has 0 saturated heterocycles. The molecule has 0 atom stereocenters. The third-order valence-corrected chi connectivity index (χ3v) is 4.29. The Bertz CT molecular complexity index is 769. The standard InChI is InChI=1S/C19H20N2O4/c1-21(12-13-5-7-14(8-6-13)19(23)24)18(22)15-9-10-20-17(11-15)25-16-3-2-4-16/h5-11,16H,2-4,12H2,1H3,(H,23,24). The maximum absolute atomic E-state index is 12.6. The van der Waals surface area contributed by atoms with Gasteiger partial charge in [0.05, 0.1) is 5.56 Å². The average Bonchev–Trinajstić information content (AvgIpc) is 2.58. The van der Waals surface area contributed by atoms with Crippen molar-refractivity contribution in [3.63, 3.8) is 0 Å². The molecule has 0 radical (unpaired) electrons. The van der Waals surface area contributed by atoms with Crippen molar-refractivity contribution in [3.8, 4) is 5.88 Å². The number of amides is 1. The van der Waals surface area contributed by atoms with Gasteiger partial charge >= 0.3 is 5.97 Å². The molecule has 1 aliphatic carbocycles. The van der Waals surface area contributed by atoms with Crippen LogP contribution in [0.25, 0.3) is 0 Å². The van der Waals surface area contributed by atoms with Gasteiger partial charge in [-0.2, -0.15) is 0 Å². The second kappa shape index (κ2) is 7.34. The molecule has 1 amide bonds. The van der Waals surface area contributed by atoms with Gasteiger partial charge in [0, 0.05) is 31.4 Å². The second-order valence-electron chi connectivity index (χ2n) is 6.22. The van der Waals surface area contributed by atoms with Crippen LogP contribution in [0, 0.1) is 0 Å². The van der Waals surface area contributed by atoms with Crippen LogP contribution >= 0.6 is 0 Å². The van der Waals surface area contributed by atoms with E-state index in [-0.39, 0.29) is 17.6 Å². The minimum atomic E-state index is -0.966. The van der Waals surface area contributed by atoms with Gasteiger partial charge in [-0.15, -0.1) is 0 Å². The van der Waals surface area contributed by atoms with E-state index in [1.807, 2.05) is 0 Å². The van der Waals surface area contributed by atoms with Crippen molar-refractivity contribution >= 4 is 11.9 Å². The number of pyridine rings is 1. The minimum Gasteiger partial charge on any atom is -0.478 e. The number of hydrogen-bond acceptors (Lipinski definition) is 4. The van der Waals surface area contributed by atoms with Gasteiger partial charge in [0.25, 0.3) is 5.91 Å². The topological polar surface area (TPSA) is 79.7 Å². The highest BCUT2D eigenvalue weighted by Gasteiger charge is 2.20. The fraction of sp³-hybridized carbons (Fsp3) is 0.316. The Morgan fingerprint density at radius 3 is 2.52 bits per heavy atom. The van der Waals surface area contributed by atoms with E-state index in [4.69, 9.17) is 9.84 Å². The largest absolute Gasteiger partial charge is 0.478 e. The number of carbonyl (C=O) groups is 2. The molecule has 0 unspecified atom stereocenters. The van der Waals surface area contributed by atoms with Gasteiger partial charge in [0.1, 0.15) is 6.10 Å². The van der Waals surface area contributed by atoms with Crippen LogP contribution in [0.1, 0.15) is 45.5 Å². The first-order valence-electron chi connectivity index (χ1n) is 8.23. The van der Waals surface area contributed by atoms with E-state index in [1.54, 1.807) is 42.4 Å². The third kappa shape index (κ3) is 4.15. The number of carboxylic acid groups (broad SMARTS) is 1. The molecule has 130 valence electrons. The zero-order valence-electron chi connectivity index (χ0n) is 14.0. The number of rotatable bonds is 6. The van der Waals surface area contributed by atoms with E-state index >= 15 is 0 Å². The lowest BCUT2D eigenvalue weighted by Gasteiger charge is -2.26. The zero-order valence-corrected chi connectivity index (χ0v) is 14.0. The summed E-state index contributed by atoms with van der Waals surface area (Å²) in [6.45, 7) is 0.389. The van der Waals surface area contributed by atoms with Gasteiger partial charge in [-0.25, -0.2) is 9.78 Å². The van der Waals surface area contributed by atoms with Gasteiger partial charge in [0.2, 0.25) is 5.88 Å². The fourth-order valence-electron chi connectivity index (χ4n) is 2.59. The lowest BCUT2D eigenvalue weighted by Crippen LogP contribution is -2.27. The van der Waals surface area contributed by atoms with Crippen molar-refractivity contribution in [2.75, 3.05) is 7.05 Å². The summed E-state index contributed by atoms with van der Waals surface area (Å²) < 4.78 is 5.74. The molecule has 1 aromatic heterocycles. The van der Waals surface area contributed by atoms with Crippen LogP contribution in [0.15, 0.2) is 42.6 Å². The van der Waals surface area contributed by atoms with Gasteiger partial charge in [-0.3, -0.25) is 4.79 Å². The summed E-state index contributed by atoms with van der Waals surface area (Å²) in [6, 6.07) is 9.83. The molecule has 6 nitrogen and oxygen atoms in total. The predicted molar refractivity (Wildman–Crippen MR) is 91.7 cm³/mol. The maximum Gasteiger partial charge on any atom is 0.335 e. The first kappa shape index (κ1) is 17.0. The molecule has 1 aliphatic rings. The molecule has 1 fully saturated rings. The fourth-order valence-corrected chi connectivity index (χ4v) is 2.59. The Morgan fingerprint density at radius 1 is 1.20 bits per heavy atom. The maximum atomic E-state index is 12.6. The van der Waals surface area contributed by atoms with E-state index in [0.29, 0.717) is 18.0 Å². The second-order valence-corrected chi connectivity index (χ2v) is 6.22. The Balaban J connectivity index is 1.65. The van der Waals surface area contributed by atoms with Crippen LogP contribution in [0.4, 0.5) is 0 Å².